The Labute approximate surface area is 169 Å². The van der Waals surface area contributed by atoms with Crippen LogP contribution in [0.1, 0.15) is 12.8 Å². The fourth-order valence-corrected chi connectivity index (χ4v) is 5.53. The highest BCUT2D eigenvalue weighted by atomic mass is 16.5. The van der Waals surface area contributed by atoms with E-state index in [9.17, 15) is 19.5 Å². The number of nitrogens with one attached hydrogen (secondary N) is 2. The van der Waals surface area contributed by atoms with Crippen molar-refractivity contribution < 1.29 is 29.0 Å². The molecule has 4 heterocycles. The van der Waals surface area contributed by atoms with Crippen LogP contribution in [-0.4, -0.2) is 110 Å². The summed E-state index contributed by atoms with van der Waals surface area (Å²) in [6.45, 7) is 4.01. The third-order valence-electron chi connectivity index (χ3n) is 6.77. The zero-order chi connectivity index (χ0) is 20.6. The average Bonchev–Trinajstić information content (AvgIpc) is 3.36. The molecule has 3 amide bonds. The van der Waals surface area contributed by atoms with E-state index in [2.05, 4.69) is 15.5 Å². The van der Waals surface area contributed by atoms with E-state index >= 15 is 0 Å². The molecule has 2 bridgehead atoms. The van der Waals surface area contributed by atoms with Gasteiger partial charge in [0.25, 0.3) is 0 Å². The summed E-state index contributed by atoms with van der Waals surface area (Å²) >= 11 is 0. The maximum atomic E-state index is 13.2. The fraction of sp³-hybridized carbons (Fsp3) is 0.842. The second kappa shape index (κ2) is 8.17. The van der Waals surface area contributed by atoms with Crippen molar-refractivity contribution in [2.75, 3.05) is 59.6 Å². The van der Waals surface area contributed by atoms with Crippen molar-refractivity contribution in [1.29, 1.82) is 0 Å². The molecule has 10 heteroatoms. The minimum atomic E-state index is -0.989. The molecular formula is C19H30N4O6. The van der Waals surface area contributed by atoms with Crippen molar-refractivity contribution in [3.8, 4) is 0 Å². The lowest BCUT2D eigenvalue weighted by Gasteiger charge is -2.33. The van der Waals surface area contributed by atoms with E-state index in [0.717, 1.165) is 13.1 Å². The summed E-state index contributed by atoms with van der Waals surface area (Å²) in [7, 11) is 1.54. The molecule has 162 valence electrons. The number of carbonyl (C=O) groups is 3. The van der Waals surface area contributed by atoms with Gasteiger partial charge < -0.3 is 30.1 Å². The van der Waals surface area contributed by atoms with Crippen LogP contribution in [0.15, 0.2) is 0 Å². The van der Waals surface area contributed by atoms with Gasteiger partial charge in [-0.15, -0.1) is 0 Å². The Hall–Kier alpha value is -1.75. The summed E-state index contributed by atoms with van der Waals surface area (Å²) in [5, 5.41) is 15.1. The summed E-state index contributed by atoms with van der Waals surface area (Å²) in [6, 6.07) is -0.823. The SMILES string of the molecule is CNC(=O)[C@@H]1[C@H]2C(=O)N(CCO)C(C(=O)NCCN3CCOCC3)C23CC[C@H]1O3. The van der Waals surface area contributed by atoms with Gasteiger partial charge in [-0.1, -0.05) is 0 Å². The molecule has 0 aromatic rings. The molecule has 0 saturated carbocycles. The first-order valence-electron chi connectivity index (χ1n) is 10.4. The lowest BCUT2D eigenvalue weighted by Crippen LogP contribution is -2.56. The quantitative estimate of drug-likeness (QED) is 0.426. The van der Waals surface area contributed by atoms with Crippen LogP contribution < -0.4 is 10.6 Å². The van der Waals surface area contributed by atoms with E-state index in [1.807, 2.05) is 0 Å². The monoisotopic (exact) mass is 410 g/mol. The topological polar surface area (TPSA) is 120 Å². The number of hydrogen-bond donors (Lipinski definition) is 3. The molecule has 0 aromatic heterocycles. The molecule has 2 unspecified atom stereocenters. The Bertz CT molecular complexity index is 669. The largest absolute Gasteiger partial charge is 0.395 e. The van der Waals surface area contributed by atoms with Gasteiger partial charge in [0.1, 0.15) is 11.6 Å². The van der Waals surface area contributed by atoms with E-state index in [1.165, 1.54) is 4.90 Å². The number of aliphatic hydroxyl groups is 1. The van der Waals surface area contributed by atoms with E-state index in [-0.39, 0.29) is 37.0 Å². The lowest BCUT2D eigenvalue weighted by molar-refractivity contribution is -0.142. The van der Waals surface area contributed by atoms with Crippen LogP contribution in [0.5, 0.6) is 0 Å². The number of morpholine rings is 1. The number of aliphatic hydroxyl groups excluding tert-OH is 1. The van der Waals surface area contributed by atoms with Crippen molar-refractivity contribution >= 4 is 17.7 Å². The zero-order valence-electron chi connectivity index (χ0n) is 16.8. The van der Waals surface area contributed by atoms with Crippen molar-refractivity contribution in [2.45, 2.75) is 30.6 Å². The third-order valence-corrected chi connectivity index (χ3v) is 6.77. The van der Waals surface area contributed by atoms with Gasteiger partial charge in [0.15, 0.2) is 0 Å². The number of fused-ring (bicyclic) bond motifs is 1. The van der Waals surface area contributed by atoms with Crippen LogP contribution in [0, 0.1) is 11.8 Å². The van der Waals surface area contributed by atoms with Crippen LogP contribution in [0.2, 0.25) is 0 Å². The molecule has 29 heavy (non-hydrogen) atoms. The van der Waals surface area contributed by atoms with Crippen LogP contribution in [0.3, 0.4) is 0 Å². The number of β-amino-alcohol motifs (C(OH)–C–C–N with tert-alkyl or cyclic N) is 1. The van der Waals surface area contributed by atoms with Gasteiger partial charge in [-0.05, 0) is 12.8 Å². The van der Waals surface area contributed by atoms with Crippen molar-refractivity contribution in [2.24, 2.45) is 11.8 Å². The Morgan fingerprint density at radius 2 is 2.00 bits per heavy atom. The third kappa shape index (κ3) is 3.31. The average molecular weight is 410 g/mol. The molecule has 5 atom stereocenters. The molecular weight excluding hydrogens is 380 g/mol. The molecule has 0 aromatic carbocycles. The molecule has 4 rings (SSSR count). The molecule has 4 aliphatic rings. The number of likely N-dealkylation sites (tertiary alicyclic amines) is 1. The van der Waals surface area contributed by atoms with Crippen LogP contribution in [0.25, 0.3) is 0 Å². The summed E-state index contributed by atoms with van der Waals surface area (Å²) in [6.07, 6.45) is 0.862. The molecule has 0 aliphatic carbocycles. The fourth-order valence-electron chi connectivity index (χ4n) is 5.53. The second-order valence-electron chi connectivity index (χ2n) is 8.17. The zero-order valence-corrected chi connectivity index (χ0v) is 16.8. The van der Waals surface area contributed by atoms with Gasteiger partial charge >= 0.3 is 0 Å². The Kier molecular flexibility index (Phi) is 5.78. The number of ether oxygens (including phenoxy) is 2. The minimum absolute atomic E-state index is 0.0487. The normalized spacial score (nSPS) is 36.3. The van der Waals surface area contributed by atoms with Gasteiger partial charge in [-0.3, -0.25) is 19.3 Å². The van der Waals surface area contributed by atoms with Crippen LogP contribution >= 0.6 is 0 Å². The highest BCUT2D eigenvalue weighted by molar-refractivity contribution is 5.98. The van der Waals surface area contributed by atoms with Crippen LogP contribution in [-0.2, 0) is 23.9 Å². The molecule has 0 radical (unpaired) electrons. The van der Waals surface area contributed by atoms with Crippen LogP contribution in [0.4, 0.5) is 0 Å². The van der Waals surface area contributed by atoms with Gasteiger partial charge in [0.2, 0.25) is 17.7 Å². The Morgan fingerprint density at radius 3 is 2.69 bits per heavy atom. The first-order chi connectivity index (χ1) is 14.0. The number of hydrogen-bond acceptors (Lipinski definition) is 7. The molecule has 4 fully saturated rings. The minimum Gasteiger partial charge on any atom is -0.395 e. The summed E-state index contributed by atoms with van der Waals surface area (Å²) in [5.41, 5.74) is -0.989. The number of carbonyl (C=O) groups excluding carboxylic acids is 3. The summed E-state index contributed by atoms with van der Waals surface area (Å²) < 4.78 is 11.5. The smallest absolute Gasteiger partial charge is 0.245 e. The maximum Gasteiger partial charge on any atom is 0.245 e. The molecule has 1 spiro atoms. The molecule has 10 nitrogen and oxygen atoms in total. The number of rotatable bonds is 7. The highest BCUT2D eigenvalue weighted by Crippen LogP contribution is 2.58. The maximum absolute atomic E-state index is 13.2. The van der Waals surface area contributed by atoms with Gasteiger partial charge in [0, 0.05) is 39.8 Å². The first-order valence-corrected chi connectivity index (χ1v) is 10.4. The van der Waals surface area contributed by atoms with E-state index in [1.54, 1.807) is 7.05 Å². The first kappa shape index (κ1) is 20.5. The lowest BCUT2D eigenvalue weighted by atomic mass is 9.70. The Balaban J connectivity index is 1.50. The van der Waals surface area contributed by atoms with Crippen molar-refractivity contribution in [3.05, 3.63) is 0 Å². The molecule has 4 saturated heterocycles. The molecule has 4 aliphatic heterocycles. The predicted molar refractivity (Wildman–Crippen MR) is 101 cm³/mol. The van der Waals surface area contributed by atoms with Crippen molar-refractivity contribution in [1.82, 2.24) is 20.4 Å². The van der Waals surface area contributed by atoms with Crippen molar-refractivity contribution in [3.63, 3.8) is 0 Å². The standard InChI is InChI=1S/C19H30N4O6/c1-20-16(25)13-12-2-3-19(29-12)14(13)18(27)23(6-9-24)15(19)17(26)21-4-5-22-7-10-28-11-8-22/h12-15,24H,2-11H2,1H3,(H,20,25)(H,21,26)/t12-,13+,14+,15?,19?/m1/s1. The predicted octanol–water partition coefficient (Wildman–Crippen LogP) is -2.45. The van der Waals surface area contributed by atoms with E-state index in [4.69, 9.17) is 9.47 Å². The van der Waals surface area contributed by atoms with Gasteiger partial charge in [0.05, 0.1) is 37.8 Å². The highest BCUT2D eigenvalue weighted by Gasteiger charge is 2.74. The second-order valence-corrected chi connectivity index (χ2v) is 8.17. The van der Waals surface area contributed by atoms with E-state index < -0.39 is 23.5 Å². The number of nitrogens with zero attached hydrogens (tertiary/aromatic N) is 2. The van der Waals surface area contributed by atoms with Gasteiger partial charge in [-0.25, -0.2) is 0 Å². The van der Waals surface area contributed by atoms with E-state index in [0.29, 0.717) is 39.1 Å². The number of amides is 3. The summed E-state index contributed by atoms with van der Waals surface area (Å²) in [5.74, 6) is -2.05. The molecule has 3 N–H and O–H groups in total. The summed E-state index contributed by atoms with van der Waals surface area (Å²) in [4.78, 5) is 42.4. The van der Waals surface area contributed by atoms with Gasteiger partial charge in [-0.2, -0.15) is 0 Å². The Morgan fingerprint density at radius 1 is 1.24 bits per heavy atom.